The van der Waals surface area contributed by atoms with Gasteiger partial charge in [-0.3, -0.25) is 4.79 Å². The zero-order valence-electron chi connectivity index (χ0n) is 10.7. The Morgan fingerprint density at radius 3 is 2.37 bits per heavy atom. The molecule has 0 atom stereocenters. The SMILES string of the molecule is COc1ccc(C=CC(=O)Nc2ccccc2)cc1. The van der Waals surface area contributed by atoms with Crippen LogP contribution in [-0.4, -0.2) is 13.0 Å². The molecule has 2 rings (SSSR count). The topological polar surface area (TPSA) is 38.3 Å². The summed E-state index contributed by atoms with van der Waals surface area (Å²) in [4.78, 5) is 11.7. The molecule has 96 valence electrons. The molecule has 1 N–H and O–H groups in total. The van der Waals surface area contributed by atoms with E-state index < -0.39 is 0 Å². The predicted molar refractivity (Wildman–Crippen MR) is 77.1 cm³/mol. The Balaban J connectivity index is 1.96. The van der Waals surface area contributed by atoms with Gasteiger partial charge in [0.2, 0.25) is 5.91 Å². The first kappa shape index (κ1) is 12.9. The molecular formula is C16H15NO2. The first-order chi connectivity index (χ1) is 9.28. The fourth-order valence-electron chi connectivity index (χ4n) is 1.59. The van der Waals surface area contributed by atoms with Crippen molar-refractivity contribution < 1.29 is 9.53 Å². The lowest BCUT2D eigenvalue weighted by Crippen LogP contribution is -2.07. The quantitative estimate of drug-likeness (QED) is 0.849. The van der Waals surface area contributed by atoms with Gasteiger partial charge < -0.3 is 10.1 Å². The molecule has 2 aromatic carbocycles. The number of rotatable bonds is 4. The summed E-state index contributed by atoms with van der Waals surface area (Å²) in [5, 5.41) is 2.78. The maximum absolute atomic E-state index is 11.7. The number of benzene rings is 2. The van der Waals surface area contributed by atoms with Gasteiger partial charge in [-0.15, -0.1) is 0 Å². The van der Waals surface area contributed by atoms with E-state index in [-0.39, 0.29) is 5.91 Å². The second-order valence-corrected chi connectivity index (χ2v) is 3.96. The largest absolute Gasteiger partial charge is 0.497 e. The van der Waals surface area contributed by atoms with Gasteiger partial charge in [-0.25, -0.2) is 0 Å². The fourth-order valence-corrected chi connectivity index (χ4v) is 1.59. The Morgan fingerprint density at radius 2 is 1.74 bits per heavy atom. The third-order valence-electron chi connectivity index (χ3n) is 2.58. The molecular weight excluding hydrogens is 238 g/mol. The van der Waals surface area contributed by atoms with Gasteiger partial charge in [0.25, 0.3) is 0 Å². The van der Waals surface area contributed by atoms with Crippen molar-refractivity contribution in [3.8, 4) is 5.75 Å². The molecule has 19 heavy (non-hydrogen) atoms. The average Bonchev–Trinajstić information content (AvgIpc) is 2.47. The van der Waals surface area contributed by atoms with Crippen LogP contribution >= 0.6 is 0 Å². The average molecular weight is 253 g/mol. The summed E-state index contributed by atoms with van der Waals surface area (Å²) in [7, 11) is 1.62. The number of carbonyl (C=O) groups excluding carboxylic acids is 1. The van der Waals surface area contributed by atoms with E-state index in [0.29, 0.717) is 0 Å². The van der Waals surface area contributed by atoms with Crippen molar-refractivity contribution in [2.24, 2.45) is 0 Å². The van der Waals surface area contributed by atoms with E-state index >= 15 is 0 Å². The maximum atomic E-state index is 11.7. The Bertz CT molecular complexity index is 559. The van der Waals surface area contributed by atoms with Gasteiger partial charge in [-0.1, -0.05) is 30.3 Å². The number of amides is 1. The summed E-state index contributed by atoms with van der Waals surface area (Å²) in [5.41, 5.74) is 1.73. The van der Waals surface area contributed by atoms with Crippen molar-refractivity contribution in [2.45, 2.75) is 0 Å². The lowest BCUT2D eigenvalue weighted by Gasteiger charge is -2.01. The van der Waals surface area contributed by atoms with Crippen molar-refractivity contribution in [1.82, 2.24) is 0 Å². The van der Waals surface area contributed by atoms with Gasteiger partial charge in [0.05, 0.1) is 7.11 Å². The lowest BCUT2D eigenvalue weighted by molar-refractivity contribution is -0.111. The smallest absolute Gasteiger partial charge is 0.248 e. The van der Waals surface area contributed by atoms with E-state index in [1.54, 1.807) is 13.2 Å². The molecule has 0 heterocycles. The number of hydrogen-bond donors (Lipinski definition) is 1. The first-order valence-electron chi connectivity index (χ1n) is 5.96. The van der Waals surface area contributed by atoms with E-state index in [2.05, 4.69) is 5.32 Å². The summed E-state index contributed by atoms with van der Waals surface area (Å²) in [6, 6.07) is 16.9. The van der Waals surface area contributed by atoms with E-state index in [1.807, 2.05) is 54.6 Å². The number of anilines is 1. The third-order valence-corrected chi connectivity index (χ3v) is 2.58. The van der Waals surface area contributed by atoms with Gasteiger partial charge in [-0.05, 0) is 35.9 Å². The highest BCUT2D eigenvalue weighted by atomic mass is 16.5. The highest BCUT2D eigenvalue weighted by Gasteiger charge is 1.96. The van der Waals surface area contributed by atoms with Crippen molar-refractivity contribution in [1.29, 1.82) is 0 Å². The van der Waals surface area contributed by atoms with Crippen LogP contribution in [0.15, 0.2) is 60.7 Å². The van der Waals surface area contributed by atoms with E-state index in [1.165, 1.54) is 6.08 Å². The van der Waals surface area contributed by atoms with Crippen LogP contribution in [0.5, 0.6) is 5.75 Å². The Hall–Kier alpha value is -2.55. The van der Waals surface area contributed by atoms with Crippen LogP contribution in [-0.2, 0) is 4.79 Å². The molecule has 0 bridgehead atoms. The second kappa shape index (κ2) is 6.40. The molecule has 2 aromatic rings. The summed E-state index contributed by atoms with van der Waals surface area (Å²) >= 11 is 0. The Morgan fingerprint density at radius 1 is 1.05 bits per heavy atom. The van der Waals surface area contributed by atoms with E-state index in [0.717, 1.165) is 17.0 Å². The molecule has 0 fully saturated rings. The number of nitrogens with one attached hydrogen (secondary N) is 1. The van der Waals surface area contributed by atoms with Crippen LogP contribution in [0.3, 0.4) is 0 Å². The minimum atomic E-state index is -0.151. The minimum Gasteiger partial charge on any atom is -0.497 e. The summed E-state index contributed by atoms with van der Waals surface area (Å²) in [5.74, 6) is 0.646. The van der Waals surface area contributed by atoms with Gasteiger partial charge in [-0.2, -0.15) is 0 Å². The molecule has 0 aliphatic carbocycles. The first-order valence-corrected chi connectivity index (χ1v) is 5.96. The molecule has 3 heteroatoms. The fraction of sp³-hybridized carbons (Fsp3) is 0.0625. The summed E-state index contributed by atoms with van der Waals surface area (Å²) in [6.07, 6.45) is 3.27. The number of carbonyl (C=O) groups is 1. The van der Waals surface area contributed by atoms with Gasteiger partial charge in [0.15, 0.2) is 0 Å². The van der Waals surface area contributed by atoms with Crippen molar-refractivity contribution in [3.63, 3.8) is 0 Å². The molecule has 3 nitrogen and oxygen atoms in total. The van der Waals surface area contributed by atoms with Crippen molar-refractivity contribution >= 4 is 17.7 Å². The molecule has 0 saturated heterocycles. The molecule has 0 aliphatic heterocycles. The van der Waals surface area contributed by atoms with Crippen LogP contribution in [0, 0.1) is 0 Å². The molecule has 0 aromatic heterocycles. The van der Waals surface area contributed by atoms with Crippen LogP contribution in [0.4, 0.5) is 5.69 Å². The van der Waals surface area contributed by atoms with E-state index in [9.17, 15) is 4.79 Å². The van der Waals surface area contributed by atoms with Crippen LogP contribution < -0.4 is 10.1 Å². The normalized spacial score (nSPS) is 10.4. The molecule has 0 radical (unpaired) electrons. The van der Waals surface area contributed by atoms with Crippen molar-refractivity contribution in [3.05, 3.63) is 66.2 Å². The standard InChI is InChI=1S/C16H15NO2/c1-19-15-10-7-13(8-11-15)9-12-16(18)17-14-5-3-2-4-6-14/h2-12H,1H3,(H,17,18). The predicted octanol–water partition coefficient (Wildman–Crippen LogP) is 3.35. The number of methoxy groups -OCH3 is 1. The van der Waals surface area contributed by atoms with Crippen LogP contribution in [0.2, 0.25) is 0 Å². The summed E-state index contributed by atoms with van der Waals surface area (Å²) in [6.45, 7) is 0. The van der Waals surface area contributed by atoms with Crippen molar-refractivity contribution in [2.75, 3.05) is 12.4 Å². The lowest BCUT2D eigenvalue weighted by atomic mass is 10.2. The minimum absolute atomic E-state index is 0.151. The zero-order valence-corrected chi connectivity index (χ0v) is 10.7. The van der Waals surface area contributed by atoms with Crippen LogP contribution in [0.1, 0.15) is 5.56 Å². The molecule has 0 saturated carbocycles. The monoisotopic (exact) mass is 253 g/mol. The maximum Gasteiger partial charge on any atom is 0.248 e. The Kier molecular flexibility index (Phi) is 4.34. The van der Waals surface area contributed by atoms with E-state index in [4.69, 9.17) is 4.74 Å². The Labute approximate surface area is 112 Å². The zero-order chi connectivity index (χ0) is 13.5. The van der Waals surface area contributed by atoms with Gasteiger partial charge in [0.1, 0.15) is 5.75 Å². The van der Waals surface area contributed by atoms with Gasteiger partial charge in [0, 0.05) is 11.8 Å². The molecule has 0 aliphatic rings. The summed E-state index contributed by atoms with van der Waals surface area (Å²) < 4.78 is 5.07. The number of ether oxygens (including phenoxy) is 1. The number of hydrogen-bond acceptors (Lipinski definition) is 2. The molecule has 0 spiro atoms. The highest BCUT2D eigenvalue weighted by Crippen LogP contribution is 2.12. The molecule has 0 unspecified atom stereocenters. The highest BCUT2D eigenvalue weighted by molar-refractivity contribution is 6.01. The number of para-hydroxylation sites is 1. The third kappa shape index (κ3) is 4.00. The van der Waals surface area contributed by atoms with Crippen LogP contribution in [0.25, 0.3) is 6.08 Å². The second-order valence-electron chi connectivity index (χ2n) is 3.96. The van der Waals surface area contributed by atoms with Gasteiger partial charge >= 0.3 is 0 Å². The molecule has 1 amide bonds.